The quantitative estimate of drug-likeness (QED) is 0.142. The van der Waals surface area contributed by atoms with Gasteiger partial charge in [0.1, 0.15) is 0 Å². The molecule has 2 rings (SSSR count). The minimum Gasteiger partial charge on any atom is -0.377 e. The molecular formula is C27H46O6Si2. The van der Waals surface area contributed by atoms with Crippen LogP contribution in [0.15, 0.2) is 55.1 Å². The summed E-state index contributed by atoms with van der Waals surface area (Å²) in [5.41, 5.74) is 0. The lowest BCUT2D eigenvalue weighted by Gasteiger charge is -2.25. The molecule has 0 aliphatic rings. The summed E-state index contributed by atoms with van der Waals surface area (Å²) < 4.78 is 32.8. The summed E-state index contributed by atoms with van der Waals surface area (Å²) in [7, 11) is 4.84. The molecule has 2 aromatic carbocycles. The van der Waals surface area contributed by atoms with Crippen molar-refractivity contribution in [3.05, 3.63) is 55.1 Å². The zero-order valence-corrected chi connectivity index (χ0v) is 24.6. The minimum atomic E-state index is -2.76. The summed E-state index contributed by atoms with van der Waals surface area (Å²) in [5, 5.41) is 3.28. The highest BCUT2D eigenvalue weighted by Gasteiger charge is 2.42. The average Bonchev–Trinajstić information content (AvgIpc) is 2.92. The SMILES string of the molecule is C=CCCCCCCCCC[Si](OC)(OC)OC.CO[Si](OC)(OC)c1cccc2ccccc12. The summed E-state index contributed by atoms with van der Waals surface area (Å²) >= 11 is 0. The van der Waals surface area contributed by atoms with Crippen LogP contribution in [-0.2, 0) is 26.6 Å². The van der Waals surface area contributed by atoms with Crippen LogP contribution in [0.3, 0.4) is 0 Å². The van der Waals surface area contributed by atoms with Gasteiger partial charge in [-0.15, -0.1) is 6.58 Å². The van der Waals surface area contributed by atoms with E-state index in [0.717, 1.165) is 34.8 Å². The number of hydrogen-bond donors (Lipinski definition) is 0. The van der Waals surface area contributed by atoms with Crippen LogP contribution in [0.2, 0.25) is 6.04 Å². The first-order chi connectivity index (χ1) is 17.0. The van der Waals surface area contributed by atoms with Gasteiger partial charge in [0.2, 0.25) is 0 Å². The summed E-state index contributed by atoms with van der Waals surface area (Å²) in [5.74, 6) is 0. The van der Waals surface area contributed by atoms with Gasteiger partial charge < -0.3 is 26.6 Å². The van der Waals surface area contributed by atoms with Gasteiger partial charge in [-0.05, 0) is 30.0 Å². The summed E-state index contributed by atoms with van der Waals surface area (Å²) in [6.07, 6.45) is 12.1. The Labute approximate surface area is 215 Å². The van der Waals surface area contributed by atoms with E-state index in [1.54, 1.807) is 42.7 Å². The highest BCUT2D eigenvalue weighted by atomic mass is 28.4. The van der Waals surface area contributed by atoms with Gasteiger partial charge >= 0.3 is 17.6 Å². The van der Waals surface area contributed by atoms with E-state index in [1.807, 2.05) is 30.3 Å². The standard InChI is InChI=1S/C14H30O3Si.C13H16O3Si/c1-5-6-7-8-9-10-11-12-13-14-18(15-2,16-3)17-4;1-14-17(15-2,16-3)13-10-6-8-11-7-4-5-9-12(11)13/h5H,1,6-14H2,2-4H3;4-10H,1-3H3. The molecule has 0 saturated heterocycles. The molecule has 0 saturated carbocycles. The van der Waals surface area contributed by atoms with Crippen molar-refractivity contribution in [1.29, 1.82) is 0 Å². The van der Waals surface area contributed by atoms with Crippen LogP contribution in [0.5, 0.6) is 0 Å². The van der Waals surface area contributed by atoms with Gasteiger partial charge in [-0.1, -0.05) is 80.6 Å². The van der Waals surface area contributed by atoms with Gasteiger partial charge in [-0.25, -0.2) is 0 Å². The second-order valence-corrected chi connectivity index (χ2v) is 14.3. The first kappa shape index (κ1) is 31.7. The van der Waals surface area contributed by atoms with E-state index in [9.17, 15) is 0 Å². The number of benzene rings is 2. The molecule has 0 fully saturated rings. The highest BCUT2D eigenvalue weighted by molar-refractivity contribution is 6.77. The molecule has 0 unspecified atom stereocenters. The van der Waals surface area contributed by atoms with Gasteiger partial charge in [-0.3, -0.25) is 0 Å². The Hall–Kier alpha value is -1.37. The molecule has 35 heavy (non-hydrogen) atoms. The maximum Gasteiger partial charge on any atom is 0.537 e. The molecule has 0 aliphatic heterocycles. The number of allylic oxidation sites excluding steroid dienone is 1. The molecule has 0 bridgehead atoms. The van der Waals surface area contributed by atoms with Crippen LogP contribution in [0.25, 0.3) is 10.8 Å². The normalized spacial score (nSPS) is 11.8. The van der Waals surface area contributed by atoms with Gasteiger partial charge in [0, 0.05) is 53.9 Å². The van der Waals surface area contributed by atoms with E-state index in [-0.39, 0.29) is 0 Å². The molecule has 198 valence electrons. The van der Waals surface area contributed by atoms with E-state index in [4.69, 9.17) is 26.6 Å². The molecule has 0 aliphatic carbocycles. The lowest BCUT2D eigenvalue weighted by molar-refractivity contribution is 0.122. The predicted molar refractivity (Wildman–Crippen MR) is 149 cm³/mol. The van der Waals surface area contributed by atoms with Crippen LogP contribution in [0, 0.1) is 0 Å². The van der Waals surface area contributed by atoms with E-state index >= 15 is 0 Å². The molecule has 8 heteroatoms. The third kappa shape index (κ3) is 9.89. The Morgan fingerprint density at radius 1 is 0.629 bits per heavy atom. The molecule has 0 aromatic heterocycles. The van der Waals surface area contributed by atoms with Crippen molar-refractivity contribution in [2.75, 3.05) is 42.7 Å². The fourth-order valence-corrected chi connectivity index (χ4v) is 7.96. The van der Waals surface area contributed by atoms with Crippen molar-refractivity contribution in [1.82, 2.24) is 0 Å². The molecule has 0 spiro atoms. The van der Waals surface area contributed by atoms with E-state index in [1.165, 1.54) is 38.5 Å². The maximum atomic E-state index is 5.52. The fraction of sp³-hybridized carbons (Fsp3) is 0.556. The van der Waals surface area contributed by atoms with E-state index in [0.29, 0.717) is 0 Å². The van der Waals surface area contributed by atoms with Crippen molar-refractivity contribution in [3.8, 4) is 0 Å². The highest BCUT2D eigenvalue weighted by Crippen LogP contribution is 2.19. The van der Waals surface area contributed by atoms with Crippen molar-refractivity contribution in [2.45, 2.75) is 57.4 Å². The van der Waals surface area contributed by atoms with Crippen molar-refractivity contribution < 1.29 is 26.6 Å². The summed E-state index contributed by atoms with van der Waals surface area (Å²) in [6, 6.07) is 15.1. The molecule has 0 heterocycles. The van der Waals surface area contributed by atoms with Gasteiger partial charge in [0.25, 0.3) is 0 Å². The fourth-order valence-electron chi connectivity index (χ4n) is 4.14. The number of unbranched alkanes of at least 4 members (excludes halogenated alkanes) is 7. The number of fused-ring (bicyclic) bond motifs is 1. The number of rotatable bonds is 17. The van der Waals surface area contributed by atoms with Crippen LogP contribution in [0.4, 0.5) is 0 Å². The molecule has 0 amide bonds. The van der Waals surface area contributed by atoms with Gasteiger partial charge in [-0.2, -0.15) is 0 Å². The van der Waals surface area contributed by atoms with Crippen LogP contribution in [0.1, 0.15) is 51.4 Å². The zero-order valence-electron chi connectivity index (χ0n) is 22.6. The summed E-state index contributed by atoms with van der Waals surface area (Å²) in [6.45, 7) is 3.73. The molecule has 2 aromatic rings. The molecule has 0 radical (unpaired) electrons. The zero-order chi connectivity index (χ0) is 26.0. The smallest absolute Gasteiger partial charge is 0.377 e. The third-order valence-electron chi connectivity index (χ3n) is 6.25. The Balaban J connectivity index is 0.000000350. The van der Waals surface area contributed by atoms with Gasteiger partial charge in [0.05, 0.1) is 0 Å². The van der Waals surface area contributed by atoms with Crippen LogP contribution < -0.4 is 5.19 Å². The largest absolute Gasteiger partial charge is 0.537 e. The average molecular weight is 523 g/mol. The maximum absolute atomic E-state index is 5.52. The lowest BCUT2D eigenvalue weighted by atomic mass is 10.1. The van der Waals surface area contributed by atoms with Gasteiger partial charge in [0.15, 0.2) is 0 Å². The topological polar surface area (TPSA) is 55.4 Å². The third-order valence-corrected chi connectivity index (χ3v) is 11.8. The van der Waals surface area contributed by atoms with Crippen LogP contribution in [-0.4, -0.2) is 60.3 Å². The molecular weight excluding hydrogens is 476 g/mol. The minimum absolute atomic E-state index is 0.924. The Morgan fingerprint density at radius 3 is 1.69 bits per heavy atom. The van der Waals surface area contributed by atoms with E-state index < -0.39 is 17.6 Å². The second-order valence-electron chi connectivity index (χ2n) is 8.29. The van der Waals surface area contributed by atoms with Crippen molar-refractivity contribution in [2.24, 2.45) is 0 Å². The summed E-state index contributed by atoms with van der Waals surface area (Å²) in [4.78, 5) is 0. The Kier molecular flexibility index (Phi) is 16.3. The van der Waals surface area contributed by atoms with Crippen LogP contribution >= 0.6 is 0 Å². The molecule has 6 nitrogen and oxygen atoms in total. The first-order valence-electron chi connectivity index (χ1n) is 12.4. The number of hydrogen-bond acceptors (Lipinski definition) is 6. The van der Waals surface area contributed by atoms with E-state index in [2.05, 4.69) is 24.8 Å². The lowest BCUT2D eigenvalue weighted by Crippen LogP contribution is -2.54. The molecule has 0 atom stereocenters. The first-order valence-corrected chi connectivity index (χ1v) is 16.1. The molecule has 0 N–H and O–H groups in total. The Morgan fingerprint density at radius 2 is 1.14 bits per heavy atom. The van der Waals surface area contributed by atoms with Crippen molar-refractivity contribution >= 4 is 33.6 Å². The second kappa shape index (κ2) is 18.0. The Bertz CT molecular complexity index is 802. The predicted octanol–water partition coefficient (Wildman–Crippen LogP) is 6.10. The van der Waals surface area contributed by atoms with Crippen molar-refractivity contribution in [3.63, 3.8) is 0 Å². The monoisotopic (exact) mass is 522 g/mol.